The van der Waals surface area contributed by atoms with Crippen molar-refractivity contribution in [1.29, 1.82) is 0 Å². The molecule has 1 atom stereocenters. The van der Waals surface area contributed by atoms with Gasteiger partial charge in [-0.2, -0.15) is 0 Å². The molecule has 2 heterocycles. The summed E-state index contributed by atoms with van der Waals surface area (Å²) in [4.78, 5) is 14.3. The number of nitrogens with zero attached hydrogens (tertiary/aromatic N) is 2. The van der Waals surface area contributed by atoms with Crippen LogP contribution in [0.25, 0.3) is 11.0 Å². The molecule has 0 saturated carbocycles. The Morgan fingerprint density at radius 3 is 3.21 bits per heavy atom. The normalized spacial score (nSPS) is 19.8. The maximum atomic E-state index is 12.3. The van der Waals surface area contributed by atoms with Crippen LogP contribution >= 0.6 is 0 Å². The van der Waals surface area contributed by atoms with Crippen LogP contribution in [0.5, 0.6) is 0 Å². The van der Waals surface area contributed by atoms with Crippen LogP contribution in [0, 0.1) is 0 Å². The van der Waals surface area contributed by atoms with Gasteiger partial charge < -0.3 is 14.7 Å². The third kappa shape index (κ3) is 2.33. The van der Waals surface area contributed by atoms with Crippen LogP contribution in [0.15, 0.2) is 28.8 Å². The Kier molecular flexibility index (Phi) is 3.21. The second-order valence-corrected chi connectivity index (χ2v) is 4.94. The second kappa shape index (κ2) is 5.01. The molecule has 1 fully saturated rings. The van der Waals surface area contributed by atoms with E-state index in [2.05, 4.69) is 17.4 Å². The Balaban J connectivity index is 1.79. The van der Waals surface area contributed by atoms with Crippen molar-refractivity contribution < 1.29 is 9.32 Å². The topological polar surface area (TPSA) is 58.4 Å². The number of aromatic nitrogens is 1. The second-order valence-electron chi connectivity index (χ2n) is 4.94. The first-order chi connectivity index (χ1) is 9.25. The standard InChI is InChI=1S/C14H17N3O2/c1-10-9-15-6-7-17(10)14(18)8-12-11-4-2-3-5-13(11)19-16-12/h2-5,10,15H,6-9H2,1H3/t10-/m1/s1. The van der Waals surface area contributed by atoms with Gasteiger partial charge in [-0.15, -0.1) is 0 Å². The third-order valence-corrected chi connectivity index (χ3v) is 3.59. The summed E-state index contributed by atoms with van der Waals surface area (Å²) in [6, 6.07) is 7.87. The van der Waals surface area contributed by atoms with Gasteiger partial charge in [0.15, 0.2) is 5.58 Å². The van der Waals surface area contributed by atoms with E-state index in [4.69, 9.17) is 4.52 Å². The molecule has 1 aliphatic heterocycles. The van der Waals surface area contributed by atoms with Crippen LogP contribution in [0.1, 0.15) is 12.6 Å². The van der Waals surface area contributed by atoms with Gasteiger partial charge in [0, 0.05) is 31.1 Å². The molecular weight excluding hydrogens is 242 g/mol. The lowest BCUT2D eigenvalue weighted by Gasteiger charge is -2.33. The van der Waals surface area contributed by atoms with E-state index >= 15 is 0 Å². The molecule has 1 N–H and O–H groups in total. The van der Waals surface area contributed by atoms with Crippen molar-refractivity contribution >= 4 is 16.9 Å². The molecule has 1 amide bonds. The van der Waals surface area contributed by atoms with Gasteiger partial charge >= 0.3 is 0 Å². The Morgan fingerprint density at radius 2 is 2.37 bits per heavy atom. The first-order valence-corrected chi connectivity index (χ1v) is 6.59. The van der Waals surface area contributed by atoms with E-state index in [-0.39, 0.29) is 11.9 Å². The van der Waals surface area contributed by atoms with Crippen LogP contribution < -0.4 is 5.32 Å². The molecule has 3 rings (SSSR count). The molecular formula is C14H17N3O2. The highest BCUT2D eigenvalue weighted by Crippen LogP contribution is 2.19. The molecule has 1 aromatic heterocycles. The molecule has 0 spiro atoms. The zero-order valence-corrected chi connectivity index (χ0v) is 10.9. The maximum absolute atomic E-state index is 12.3. The highest BCUT2D eigenvalue weighted by atomic mass is 16.5. The fourth-order valence-electron chi connectivity index (χ4n) is 2.52. The summed E-state index contributed by atoms with van der Waals surface area (Å²) in [6.45, 7) is 4.53. The minimum absolute atomic E-state index is 0.119. The van der Waals surface area contributed by atoms with Crippen molar-refractivity contribution in [3.05, 3.63) is 30.0 Å². The molecule has 1 aromatic carbocycles. The number of piperazine rings is 1. The fraction of sp³-hybridized carbons (Fsp3) is 0.429. The number of rotatable bonds is 2. The first-order valence-electron chi connectivity index (χ1n) is 6.59. The Morgan fingerprint density at radius 1 is 1.53 bits per heavy atom. The third-order valence-electron chi connectivity index (χ3n) is 3.59. The van der Waals surface area contributed by atoms with Crippen molar-refractivity contribution in [2.45, 2.75) is 19.4 Å². The number of benzene rings is 1. The Labute approximate surface area is 111 Å². The van der Waals surface area contributed by atoms with Gasteiger partial charge in [0.05, 0.1) is 6.42 Å². The fourth-order valence-corrected chi connectivity index (χ4v) is 2.52. The molecule has 0 bridgehead atoms. The van der Waals surface area contributed by atoms with Gasteiger partial charge in [0.1, 0.15) is 5.69 Å². The highest BCUT2D eigenvalue weighted by molar-refractivity contribution is 5.86. The van der Waals surface area contributed by atoms with Gasteiger partial charge in [-0.05, 0) is 19.1 Å². The summed E-state index contributed by atoms with van der Waals surface area (Å²) in [7, 11) is 0. The van der Waals surface area contributed by atoms with Gasteiger partial charge in [0.2, 0.25) is 5.91 Å². The number of nitrogens with one attached hydrogen (secondary N) is 1. The molecule has 100 valence electrons. The largest absolute Gasteiger partial charge is 0.356 e. The molecule has 5 nitrogen and oxygen atoms in total. The SMILES string of the molecule is C[C@@H]1CNCCN1C(=O)Cc1noc2ccccc12. The van der Waals surface area contributed by atoms with Crippen molar-refractivity contribution in [1.82, 2.24) is 15.4 Å². The summed E-state index contributed by atoms with van der Waals surface area (Å²) in [6.07, 6.45) is 0.307. The van der Waals surface area contributed by atoms with Crippen molar-refractivity contribution in [3.63, 3.8) is 0 Å². The number of amides is 1. The average Bonchev–Trinajstić information content (AvgIpc) is 2.83. The van der Waals surface area contributed by atoms with Gasteiger partial charge in [-0.1, -0.05) is 17.3 Å². The van der Waals surface area contributed by atoms with Crippen molar-refractivity contribution in [3.8, 4) is 0 Å². The number of hydrogen-bond donors (Lipinski definition) is 1. The first kappa shape index (κ1) is 12.2. The number of hydrogen-bond acceptors (Lipinski definition) is 4. The van der Waals surface area contributed by atoms with Crippen molar-refractivity contribution in [2.75, 3.05) is 19.6 Å². The zero-order valence-electron chi connectivity index (χ0n) is 10.9. The van der Waals surface area contributed by atoms with Gasteiger partial charge in [0.25, 0.3) is 0 Å². The van der Waals surface area contributed by atoms with Crippen molar-refractivity contribution in [2.24, 2.45) is 0 Å². The lowest BCUT2D eigenvalue weighted by Crippen LogP contribution is -2.52. The summed E-state index contributed by atoms with van der Waals surface area (Å²) in [5.41, 5.74) is 1.46. The summed E-state index contributed by atoms with van der Waals surface area (Å²) in [5, 5.41) is 8.23. The predicted molar refractivity (Wildman–Crippen MR) is 71.8 cm³/mol. The van der Waals surface area contributed by atoms with E-state index in [1.807, 2.05) is 29.2 Å². The minimum atomic E-state index is 0.119. The Hall–Kier alpha value is -1.88. The predicted octanol–water partition coefficient (Wildman–Crippen LogP) is 1.19. The summed E-state index contributed by atoms with van der Waals surface area (Å²) in [5.74, 6) is 0.119. The van der Waals surface area contributed by atoms with Crippen LogP contribution in [-0.4, -0.2) is 41.6 Å². The number of para-hydroxylation sites is 1. The molecule has 1 saturated heterocycles. The molecule has 0 radical (unpaired) electrons. The lowest BCUT2D eigenvalue weighted by molar-refractivity contribution is -0.133. The van der Waals surface area contributed by atoms with E-state index in [0.29, 0.717) is 6.42 Å². The minimum Gasteiger partial charge on any atom is -0.356 e. The quantitative estimate of drug-likeness (QED) is 0.880. The molecule has 2 aromatic rings. The molecule has 0 unspecified atom stereocenters. The van der Waals surface area contributed by atoms with Crippen LogP contribution in [0.4, 0.5) is 0 Å². The van der Waals surface area contributed by atoms with E-state index in [1.165, 1.54) is 0 Å². The summed E-state index contributed by atoms with van der Waals surface area (Å²) < 4.78 is 5.23. The zero-order chi connectivity index (χ0) is 13.2. The van der Waals surface area contributed by atoms with Crippen LogP contribution in [0.2, 0.25) is 0 Å². The Bertz CT molecular complexity index is 593. The number of fused-ring (bicyclic) bond motifs is 1. The van der Waals surface area contributed by atoms with Crippen LogP contribution in [-0.2, 0) is 11.2 Å². The molecule has 1 aliphatic rings. The highest BCUT2D eigenvalue weighted by Gasteiger charge is 2.24. The van der Waals surface area contributed by atoms with E-state index < -0.39 is 0 Å². The van der Waals surface area contributed by atoms with E-state index in [0.717, 1.165) is 36.3 Å². The molecule has 5 heteroatoms. The lowest BCUT2D eigenvalue weighted by atomic mass is 10.1. The van der Waals surface area contributed by atoms with Crippen LogP contribution in [0.3, 0.4) is 0 Å². The summed E-state index contributed by atoms with van der Waals surface area (Å²) >= 11 is 0. The average molecular weight is 259 g/mol. The smallest absolute Gasteiger partial charge is 0.229 e. The number of carbonyl (C=O) groups excluding carboxylic acids is 1. The molecule has 19 heavy (non-hydrogen) atoms. The van der Waals surface area contributed by atoms with Gasteiger partial charge in [-0.3, -0.25) is 4.79 Å². The number of carbonyl (C=O) groups is 1. The van der Waals surface area contributed by atoms with E-state index in [1.54, 1.807) is 0 Å². The maximum Gasteiger partial charge on any atom is 0.229 e. The molecule has 0 aliphatic carbocycles. The van der Waals surface area contributed by atoms with E-state index in [9.17, 15) is 4.79 Å². The van der Waals surface area contributed by atoms with Gasteiger partial charge in [-0.25, -0.2) is 0 Å². The monoisotopic (exact) mass is 259 g/mol.